The van der Waals surface area contributed by atoms with Gasteiger partial charge >= 0.3 is 0 Å². The van der Waals surface area contributed by atoms with Crippen LogP contribution in [-0.4, -0.2) is 144 Å². The number of rotatable bonds is 43. The summed E-state index contributed by atoms with van der Waals surface area (Å²) in [6.45, 7) is 8.16. The molecule has 0 unspecified atom stereocenters. The fraction of sp³-hybridized carbons (Fsp3) is 0.648. The molecule has 5 amide bonds. The van der Waals surface area contributed by atoms with E-state index < -0.39 is 114 Å². The van der Waals surface area contributed by atoms with E-state index in [1.165, 1.54) is 19.1 Å². The smallest absolute Gasteiger partial charge is 0.242 e. The number of aliphatic hydroxyl groups excluding tert-OH is 1. The summed E-state index contributed by atoms with van der Waals surface area (Å²) in [7, 11) is 0. The lowest BCUT2D eigenvalue weighted by molar-refractivity contribution is -0.136. The van der Waals surface area contributed by atoms with Crippen molar-refractivity contribution >= 4 is 76.5 Å². The largest absolute Gasteiger partial charge is 0.508 e. The van der Waals surface area contributed by atoms with Gasteiger partial charge in [-0.2, -0.15) is 0 Å². The van der Waals surface area contributed by atoms with E-state index >= 15 is 0 Å². The van der Waals surface area contributed by atoms with Crippen molar-refractivity contribution in [2.45, 2.75) is 155 Å². The standard InChI is InChI=1S/C54H93N17O11/c1-30(2)22-36(49(81)71-42(29-72)46(55)78)28-45(77)41(23-31(3)4)70-48(80)35(11-7-19-65-52(58)59)27-43(75)39(12-8-20-66-53(60)61)68-47(79)34(10-6-18-64-51(56)57)26-44(76)40(13-9-21-67-54(62)63)69-50(82)37(24-32(5)73)25-33-14-16-38(74)17-15-33/h14-17,30-31,34-37,39-42,72,74H,6-13,18-29H2,1-5H3,(H2,55,78)(H,68,79)(H,69,82)(H,70,80)(H,71,81)(H4,56,57,64)(H4,58,59,65)(H4,60,61,66)(H4,62,63,67)/t34-,35-,36-,37+,39+,40+,41+,42+/m1/s1. The Bertz CT molecular complexity index is 2360. The molecular formula is C54H93N17O11. The molecule has 0 aliphatic heterocycles. The van der Waals surface area contributed by atoms with E-state index in [4.69, 9.17) is 51.6 Å². The Morgan fingerprint density at radius 2 is 0.793 bits per heavy atom. The van der Waals surface area contributed by atoms with Crippen LogP contribution in [0.2, 0.25) is 0 Å². The number of carbonyl (C=O) groups is 9. The summed E-state index contributed by atoms with van der Waals surface area (Å²) in [4.78, 5) is 140. The highest BCUT2D eigenvalue weighted by Gasteiger charge is 2.35. The van der Waals surface area contributed by atoms with E-state index in [2.05, 4.69) is 41.2 Å². The van der Waals surface area contributed by atoms with Crippen LogP contribution in [-0.2, 0) is 49.6 Å². The Labute approximate surface area is 480 Å². The zero-order valence-corrected chi connectivity index (χ0v) is 48.3. The average molecular weight is 1160 g/mol. The molecule has 1 rings (SSSR count). The number of phenolic OH excluding ortho intramolecular Hbond substituents is 1. The number of guanidine groups is 4. The van der Waals surface area contributed by atoms with Gasteiger partial charge in [-0.25, -0.2) is 0 Å². The Balaban J connectivity index is 3.80. The monoisotopic (exact) mass is 1160 g/mol. The summed E-state index contributed by atoms with van der Waals surface area (Å²) in [5.74, 6) is -10.9. The van der Waals surface area contributed by atoms with Crippen molar-refractivity contribution in [2.24, 2.45) is 107 Å². The fourth-order valence-electron chi connectivity index (χ4n) is 9.01. The maximum absolute atomic E-state index is 14.7. The maximum atomic E-state index is 14.7. The van der Waals surface area contributed by atoms with Crippen LogP contribution in [0.4, 0.5) is 0 Å². The predicted octanol–water partition coefficient (Wildman–Crippen LogP) is -2.02. The molecule has 1 aromatic rings. The van der Waals surface area contributed by atoms with E-state index in [1.807, 2.05) is 27.7 Å². The van der Waals surface area contributed by atoms with Crippen LogP contribution in [0.3, 0.4) is 0 Å². The van der Waals surface area contributed by atoms with Crippen molar-refractivity contribution in [1.29, 1.82) is 0 Å². The Kier molecular flexibility index (Phi) is 34.0. The van der Waals surface area contributed by atoms with E-state index in [0.717, 1.165) is 0 Å². The quantitative estimate of drug-likeness (QED) is 0.0191. The third kappa shape index (κ3) is 31.2. The van der Waals surface area contributed by atoms with Gasteiger partial charge in [-0.15, -0.1) is 0 Å². The minimum Gasteiger partial charge on any atom is -0.508 e. The number of Topliss-reactive ketones (excluding diaryl/α,β-unsaturated/α-hetero) is 4. The molecule has 0 saturated carbocycles. The summed E-state index contributed by atoms with van der Waals surface area (Å²) in [5.41, 5.74) is 50.6. The highest BCUT2D eigenvalue weighted by molar-refractivity contribution is 5.98. The number of hydrogen-bond donors (Lipinski definition) is 15. The van der Waals surface area contributed by atoms with Crippen LogP contribution in [0.25, 0.3) is 0 Å². The average Bonchev–Trinajstić information content (AvgIpc) is 3.45. The number of nitrogens with zero attached hydrogens (tertiary/aromatic N) is 4. The molecule has 460 valence electrons. The SMILES string of the molecule is CC(=O)C[C@@H](Cc1ccc(O)cc1)C(=O)N[C@@H](CCCN=C(N)N)C(=O)C[C@@H](CCCN=C(N)N)C(=O)N[C@@H](CCCN=C(N)N)C(=O)C[C@@H](CCCN=C(N)N)C(=O)N[C@@H](CC(C)C)C(=O)C[C@@H](CC(C)C)C(=O)N[C@@H](CO)C(N)=O. The molecule has 0 spiro atoms. The van der Waals surface area contributed by atoms with Gasteiger partial charge in [0.15, 0.2) is 41.2 Å². The van der Waals surface area contributed by atoms with Gasteiger partial charge in [0, 0.05) is 75.5 Å². The first kappa shape index (κ1) is 72.1. The van der Waals surface area contributed by atoms with Crippen LogP contribution < -0.4 is 72.9 Å². The lowest BCUT2D eigenvalue weighted by Gasteiger charge is -2.27. The number of carbonyl (C=O) groups excluding carboxylic acids is 9. The number of aliphatic hydroxyl groups is 1. The number of phenols is 1. The molecule has 0 heterocycles. The molecule has 0 saturated heterocycles. The summed E-state index contributed by atoms with van der Waals surface area (Å²) < 4.78 is 0. The molecule has 0 aliphatic carbocycles. The fourth-order valence-corrected chi connectivity index (χ4v) is 9.01. The summed E-state index contributed by atoms with van der Waals surface area (Å²) in [6, 6.07) is 1.08. The zero-order valence-electron chi connectivity index (χ0n) is 48.3. The molecule has 0 aromatic heterocycles. The van der Waals surface area contributed by atoms with Crippen molar-refractivity contribution in [3.05, 3.63) is 29.8 Å². The normalized spacial score (nSPS) is 14.0. The van der Waals surface area contributed by atoms with E-state index in [9.17, 15) is 53.4 Å². The second-order valence-electron chi connectivity index (χ2n) is 21.5. The van der Waals surface area contributed by atoms with E-state index in [0.29, 0.717) is 5.56 Å². The maximum Gasteiger partial charge on any atom is 0.242 e. The number of aromatic hydroxyl groups is 1. The van der Waals surface area contributed by atoms with E-state index in [1.54, 1.807) is 12.1 Å². The molecule has 28 nitrogen and oxygen atoms in total. The van der Waals surface area contributed by atoms with Crippen LogP contribution in [0.1, 0.15) is 130 Å². The summed E-state index contributed by atoms with van der Waals surface area (Å²) >= 11 is 0. The molecule has 24 N–H and O–H groups in total. The highest BCUT2D eigenvalue weighted by Crippen LogP contribution is 2.24. The highest BCUT2D eigenvalue weighted by atomic mass is 16.3. The molecule has 0 aliphatic rings. The lowest BCUT2D eigenvalue weighted by atomic mass is 9.87. The van der Waals surface area contributed by atoms with Crippen LogP contribution in [0.5, 0.6) is 5.75 Å². The summed E-state index contributed by atoms with van der Waals surface area (Å²) in [6.07, 6.45) is -0.213. The first-order valence-electron chi connectivity index (χ1n) is 27.7. The molecular weight excluding hydrogens is 1060 g/mol. The van der Waals surface area contributed by atoms with Crippen LogP contribution >= 0.6 is 0 Å². The molecule has 1 aromatic carbocycles. The van der Waals surface area contributed by atoms with Gasteiger partial charge in [0.25, 0.3) is 0 Å². The third-order valence-corrected chi connectivity index (χ3v) is 13.1. The first-order chi connectivity index (χ1) is 38.5. The van der Waals surface area contributed by atoms with Crippen LogP contribution in [0.15, 0.2) is 44.2 Å². The number of amides is 5. The second kappa shape index (κ2) is 38.7. The molecule has 0 fully saturated rings. The molecule has 0 radical (unpaired) electrons. The van der Waals surface area contributed by atoms with Gasteiger partial charge in [-0.05, 0) is 107 Å². The van der Waals surface area contributed by atoms with Gasteiger partial charge in [-0.3, -0.25) is 58.3 Å². The molecule has 28 heteroatoms. The molecule has 82 heavy (non-hydrogen) atoms. The molecule has 8 atom stereocenters. The number of aliphatic imine (C=N–C) groups is 4. The van der Waals surface area contributed by atoms with Crippen LogP contribution in [0, 0.1) is 35.5 Å². The Hall–Kier alpha value is -7.91. The second-order valence-corrected chi connectivity index (χ2v) is 21.5. The van der Waals surface area contributed by atoms with Crippen molar-refractivity contribution < 1.29 is 53.4 Å². The topological polar surface area (TPSA) is 526 Å². The number of benzene rings is 1. The molecule has 0 bridgehead atoms. The number of nitrogens with one attached hydrogen (secondary N) is 4. The number of ketones is 4. The van der Waals surface area contributed by atoms with Gasteiger partial charge < -0.3 is 87.9 Å². The van der Waals surface area contributed by atoms with Gasteiger partial charge in [0.2, 0.25) is 29.5 Å². The number of nitrogens with two attached hydrogens (primary N) is 9. The number of primary amides is 1. The van der Waals surface area contributed by atoms with Crippen molar-refractivity contribution in [1.82, 2.24) is 21.3 Å². The van der Waals surface area contributed by atoms with Gasteiger partial charge in [0.1, 0.15) is 17.6 Å². The van der Waals surface area contributed by atoms with Gasteiger partial charge in [0.05, 0.1) is 24.7 Å². The minimum atomic E-state index is -1.39. The van der Waals surface area contributed by atoms with Crippen molar-refractivity contribution in [3.8, 4) is 5.75 Å². The van der Waals surface area contributed by atoms with Crippen molar-refractivity contribution in [2.75, 3.05) is 32.8 Å². The van der Waals surface area contributed by atoms with E-state index in [-0.39, 0.29) is 157 Å². The van der Waals surface area contributed by atoms with Gasteiger partial charge in [-0.1, -0.05) is 39.8 Å². The van der Waals surface area contributed by atoms with Crippen molar-refractivity contribution in [3.63, 3.8) is 0 Å². The Morgan fingerprint density at radius 3 is 1.16 bits per heavy atom. The lowest BCUT2D eigenvalue weighted by Crippen LogP contribution is -2.50. The minimum absolute atomic E-state index is 0.00200. The Morgan fingerprint density at radius 1 is 0.451 bits per heavy atom. The summed E-state index contributed by atoms with van der Waals surface area (Å²) in [5, 5.41) is 30.3. The first-order valence-corrected chi connectivity index (χ1v) is 27.7. The number of hydrogen-bond acceptors (Lipinski definition) is 15. The predicted molar refractivity (Wildman–Crippen MR) is 312 cm³/mol. The third-order valence-electron chi connectivity index (χ3n) is 13.1. The zero-order chi connectivity index (χ0) is 62.1.